The van der Waals surface area contributed by atoms with Crippen molar-refractivity contribution in [1.29, 1.82) is 0 Å². The summed E-state index contributed by atoms with van der Waals surface area (Å²) in [5, 5.41) is 0. The van der Waals surface area contributed by atoms with E-state index in [0.717, 1.165) is 34.4 Å². The lowest BCUT2D eigenvalue weighted by molar-refractivity contribution is -0.127. The molecule has 0 bridgehead atoms. The van der Waals surface area contributed by atoms with Crippen molar-refractivity contribution >= 4 is 22.7 Å². The number of likely N-dealkylation sites (tertiary alicyclic amines) is 1. The number of carbonyl (C=O) groups excluding carboxylic acids is 1. The molecular formula is C26H28N2O2S. The summed E-state index contributed by atoms with van der Waals surface area (Å²) in [6, 6.07) is 16.3. The van der Waals surface area contributed by atoms with Crippen LogP contribution < -0.4 is 5.73 Å². The zero-order chi connectivity index (χ0) is 22.0. The van der Waals surface area contributed by atoms with Crippen molar-refractivity contribution in [3.8, 4) is 0 Å². The zero-order valence-corrected chi connectivity index (χ0v) is 18.9. The predicted molar refractivity (Wildman–Crippen MR) is 127 cm³/mol. The quantitative estimate of drug-likeness (QED) is 0.430. The first-order chi connectivity index (χ1) is 15.0. The van der Waals surface area contributed by atoms with Gasteiger partial charge in [-0.3, -0.25) is 4.79 Å². The van der Waals surface area contributed by atoms with Gasteiger partial charge < -0.3 is 15.2 Å². The van der Waals surface area contributed by atoms with Gasteiger partial charge in [0.25, 0.3) is 0 Å². The molecular weight excluding hydrogens is 404 g/mol. The summed E-state index contributed by atoms with van der Waals surface area (Å²) in [4.78, 5) is 15.7. The molecule has 2 aromatic rings. The van der Waals surface area contributed by atoms with Crippen molar-refractivity contribution in [3.05, 3.63) is 94.2 Å². The minimum Gasteiger partial charge on any atom is -0.611 e. The van der Waals surface area contributed by atoms with E-state index in [2.05, 4.69) is 24.3 Å². The highest BCUT2D eigenvalue weighted by molar-refractivity contribution is 7.90. The maximum absolute atomic E-state index is 13.0. The molecule has 2 aromatic carbocycles. The first-order valence-electron chi connectivity index (χ1n) is 10.6. The minimum absolute atomic E-state index is 0.0630. The second-order valence-electron chi connectivity index (χ2n) is 8.15. The second kappa shape index (κ2) is 9.16. The Kier molecular flexibility index (Phi) is 6.35. The summed E-state index contributed by atoms with van der Waals surface area (Å²) >= 11 is -1.07. The van der Waals surface area contributed by atoms with E-state index in [9.17, 15) is 9.35 Å². The average molecular weight is 433 g/mol. The van der Waals surface area contributed by atoms with Crippen molar-refractivity contribution in [1.82, 2.24) is 4.90 Å². The monoisotopic (exact) mass is 432 g/mol. The van der Waals surface area contributed by atoms with Crippen molar-refractivity contribution < 1.29 is 9.35 Å². The van der Waals surface area contributed by atoms with Gasteiger partial charge in [-0.25, -0.2) is 0 Å². The van der Waals surface area contributed by atoms with Crippen LogP contribution in [0.5, 0.6) is 0 Å². The summed E-state index contributed by atoms with van der Waals surface area (Å²) in [6.07, 6.45) is 4.98. The van der Waals surface area contributed by atoms with E-state index in [1.165, 1.54) is 22.9 Å². The van der Waals surface area contributed by atoms with Gasteiger partial charge >= 0.3 is 0 Å². The minimum atomic E-state index is -1.07. The highest BCUT2D eigenvalue weighted by Crippen LogP contribution is 2.40. The number of hydrogen-bond donors (Lipinski definition) is 1. The fourth-order valence-corrected chi connectivity index (χ4v) is 5.77. The Morgan fingerprint density at radius 1 is 1.03 bits per heavy atom. The molecule has 1 fully saturated rings. The SMILES string of the molecule is CC(=C/N)/C=C(\C)C(=O)N1CCC(=C2c3ccccc3C[S+]([O-])c3ccccc32)CC1. The fourth-order valence-electron chi connectivity index (χ4n) is 4.44. The summed E-state index contributed by atoms with van der Waals surface area (Å²) in [5.41, 5.74) is 13.0. The van der Waals surface area contributed by atoms with Crippen LogP contribution >= 0.6 is 0 Å². The molecule has 1 atom stereocenters. The Hall–Kier alpha value is -2.76. The summed E-state index contributed by atoms with van der Waals surface area (Å²) in [7, 11) is 0. The number of allylic oxidation sites excluding steroid dienone is 2. The molecule has 4 nitrogen and oxygen atoms in total. The molecule has 0 aromatic heterocycles. The number of piperidine rings is 1. The molecule has 1 unspecified atom stereocenters. The lowest BCUT2D eigenvalue weighted by Crippen LogP contribution is -2.37. The van der Waals surface area contributed by atoms with E-state index in [-0.39, 0.29) is 5.91 Å². The molecule has 1 saturated heterocycles. The highest BCUT2D eigenvalue weighted by Gasteiger charge is 2.30. The van der Waals surface area contributed by atoms with Crippen LogP contribution in [0.2, 0.25) is 0 Å². The standard InChI is InChI=1S/C26H28N2O2S/c1-18(16-27)15-19(2)26(29)28-13-11-20(12-14-28)25-22-8-4-3-7-21(22)17-31(30)24-10-6-5-9-23(24)25/h3-10,15-16H,11-14,17,27H2,1-2H3/b18-16-,19-15+. The van der Waals surface area contributed by atoms with Gasteiger partial charge in [-0.1, -0.05) is 42.0 Å². The van der Waals surface area contributed by atoms with E-state index < -0.39 is 11.2 Å². The van der Waals surface area contributed by atoms with Crippen molar-refractivity contribution in [2.45, 2.75) is 37.3 Å². The Balaban J connectivity index is 1.69. The van der Waals surface area contributed by atoms with Gasteiger partial charge in [-0.15, -0.1) is 0 Å². The van der Waals surface area contributed by atoms with Gasteiger partial charge in [0.05, 0.1) is 0 Å². The molecule has 2 heterocycles. The molecule has 0 saturated carbocycles. The number of nitrogens with zero attached hydrogens (tertiary/aromatic N) is 1. The molecule has 2 aliphatic rings. The Labute approximate surface area is 187 Å². The number of rotatable bonds is 2. The van der Waals surface area contributed by atoms with E-state index in [1.807, 2.05) is 49.1 Å². The van der Waals surface area contributed by atoms with E-state index in [0.29, 0.717) is 24.4 Å². The van der Waals surface area contributed by atoms with Crippen LogP contribution in [0.25, 0.3) is 5.57 Å². The predicted octanol–water partition coefficient (Wildman–Crippen LogP) is 4.54. The molecule has 0 radical (unpaired) electrons. The third kappa shape index (κ3) is 4.34. The maximum atomic E-state index is 13.0. The molecule has 2 N–H and O–H groups in total. The third-order valence-corrected chi connectivity index (χ3v) is 7.45. The van der Waals surface area contributed by atoms with Gasteiger partial charge in [-0.2, -0.15) is 0 Å². The summed E-state index contributed by atoms with van der Waals surface area (Å²) < 4.78 is 13.0. The maximum Gasteiger partial charge on any atom is 0.249 e. The largest absolute Gasteiger partial charge is 0.611 e. The number of fused-ring (bicyclic) bond motifs is 2. The Bertz CT molecular complexity index is 1090. The Morgan fingerprint density at radius 2 is 1.68 bits per heavy atom. The van der Waals surface area contributed by atoms with Crippen molar-refractivity contribution in [2.75, 3.05) is 13.1 Å². The Morgan fingerprint density at radius 3 is 2.39 bits per heavy atom. The van der Waals surface area contributed by atoms with Gasteiger partial charge in [0.15, 0.2) is 4.90 Å². The van der Waals surface area contributed by atoms with Crippen LogP contribution in [0, 0.1) is 0 Å². The fraction of sp³-hybridized carbons (Fsp3) is 0.269. The molecule has 0 spiro atoms. The number of benzene rings is 2. The van der Waals surface area contributed by atoms with Gasteiger partial charge in [-0.05, 0) is 79.0 Å². The van der Waals surface area contributed by atoms with E-state index in [1.54, 1.807) is 0 Å². The van der Waals surface area contributed by atoms with E-state index >= 15 is 0 Å². The van der Waals surface area contributed by atoms with E-state index in [4.69, 9.17) is 5.73 Å². The van der Waals surface area contributed by atoms with Crippen LogP contribution in [-0.2, 0) is 21.7 Å². The summed E-state index contributed by atoms with van der Waals surface area (Å²) in [6.45, 7) is 5.10. The number of hydrogen-bond acceptors (Lipinski definition) is 3. The van der Waals surface area contributed by atoms with Crippen molar-refractivity contribution in [3.63, 3.8) is 0 Å². The lowest BCUT2D eigenvalue weighted by Gasteiger charge is -2.30. The van der Waals surface area contributed by atoms with Crippen molar-refractivity contribution in [2.24, 2.45) is 5.73 Å². The third-order valence-electron chi connectivity index (χ3n) is 6.03. The molecule has 31 heavy (non-hydrogen) atoms. The van der Waals surface area contributed by atoms with Crippen LogP contribution in [0.3, 0.4) is 0 Å². The first-order valence-corrected chi connectivity index (χ1v) is 12.0. The molecule has 4 rings (SSSR count). The number of nitrogens with two attached hydrogens (primary N) is 1. The summed E-state index contributed by atoms with van der Waals surface area (Å²) in [5.74, 6) is 0.597. The average Bonchev–Trinajstić information content (AvgIpc) is 2.92. The van der Waals surface area contributed by atoms with Crippen LogP contribution in [-0.4, -0.2) is 28.4 Å². The topological polar surface area (TPSA) is 69.4 Å². The van der Waals surface area contributed by atoms with Crippen LogP contribution in [0.4, 0.5) is 0 Å². The number of carbonyl (C=O) groups is 1. The smallest absolute Gasteiger partial charge is 0.249 e. The second-order valence-corrected chi connectivity index (χ2v) is 9.57. The molecule has 1 amide bonds. The number of amides is 1. The molecule has 160 valence electrons. The van der Waals surface area contributed by atoms with Gasteiger partial charge in [0.1, 0.15) is 5.75 Å². The first kappa shape index (κ1) is 21.5. The van der Waals surface area contributed by atoms with Crippen LogP contribution in [0.15, 0.2) is 82.4 Å². The van der Waals surface area contributed by atoms with Gasteiger partial charge in [0, 0.05) is 29.8 Å². The molecule has 2 aliphatic heterocycles. The van der Waals surface area contributed by atoms with Crippen LogP contribution in [0.1, 0.15) is 43.4 Å². The van der Waals surface area contributed by atoms with Gasteiger partial charge in [0.2, 0.25) is 5.91 Å². The lowest BCUT2D eigenvalue weighted by atomic mass is 9.86. The molecule has 5 heteroatoms. The molecule has 0 aliphatic carbocycles. The highest BCUT2D eigenvalue weighted by atomic mass is 32.2. The zero-order valence-electron chi connectivity index (χ0n) is 18.1. The normalized spacial score (nSPS) is 19.6.